The monoisotopic (exact) mass is 423 g/mol. The van der Waals surface area contributed by atoms with Crippen LogP contribution in [-0.2, 0) is 24.4 Å². The second kappa shape index (κ2) is 10.1. The van der Waals surface area contributed by atoms with Crippen molar-refractivity contribution in [3.8, 4) is 11.4 Å². The maximum absolute atomic E-state index is 5.77. The highest BCUT2D eigenvalue weighted by atomic mass is 32.1. The lowest BCUT2D eigenvalue weighted by molar-refractivity contribution is 0.139. The maximum atomic E-state index is 5.77. The minimum absolute atomic E-state index is 0.600. The number of ether oxygens (including phenoxy) is 1. The number of pyridine rings is 1. The third-order valence-electron chi connectivity index (χ3n) is 5.79. The van der Waals surface area contributed by atoms with Crippen LogP contribution < -0.4 is 0 Å². The van der Waals surface area contributed by atoms with Gasteiger partial charge >= 0.3 is 0 Å². The Bertz CT molecular complexity index is 978. The minimum atomic E-state index is 0.600. The van der Waals surface area contributed by atoms with E-state index in [9.17, 15) is 0 Å². The Morgan fingerprint density at radius 2 is 1.80 bits per heavy atom. The van der Waals surface area contributed by atoms with E-state index in [1.165, 1.54) is 24.8 Å². The molecule has 7 heteroatoms. The highest BCUT2D eigenvalue weighted by Gasteiger charge is 2.21. The molecule has 0 bridgehead atoms. The molecule has 3 aromatic rings. The van der Waals surface area contributed by atoms with Crippen LogP contribution >= 0.6 is 12.2 Å². The number of hydrogen-bond donors (Lipinski definition) is 0. The molecule has 0 amide bonds. The topological polar surface area (TPSA) is 48.1 Å². The molecule has 0 N–H and O–H groups in total. The molecule has 30 heavy (non-hydrogen) atoms. The molecule has 6 nitrogen and oxygen atoms in total. The summed E-state index contributed by atoms with van der Waals surface area (Å²) in [6, 6.07) is 14.8. The van der Waals surface area contributed by atoms with Crippen LogP contribution in [0, 0.1) is 10.7 Å². The Balaban J connectivity index is 1.43. The molecule has 0 saturated carbocycles. The van der Waals surface area contributed by atoms with E-state index < -0.39 is 0 Å². The zero-order valence-corrected chi connectivity index (χ0v) is 18.3. The van der Waals surface area contributed by atoms with Gasteiger partial charge in [-0.05, 0) is 55.1 Å². The van der Waals surface area contributed by atoms with Gasteiger partial charge in [-0.1, -0.05) is 30.3 Å². The van der Waals surface area contributed by atoms with E-state index in [1.54, 1.807) is 19.5 Å². The van der Waals surface area contributed by atoms with E-state index in [1.807, 2.05) is 16.8 Å². The van der Waals surface area contributed by atoms with Gasteiger partial charge in [-0.25, -0.2) is 4.68 Å². The zero-order chi connectivity index (χ0) is 20.8. The average Bonchev–Trinajstić information content (AvgIpc) is 3.10. The average molecular weight is 424 g/mol. The lowest BCUT2D eigenvalue weighted by Gasteiger charge is -2.31. The van der Waals surface area contributed by atoms with Crippen molar-refractivity contribution < 1.29 is 4.74 Å². The molecule has 0 spiro atoms. The number of benzene rings is 1. The van der Waals surface area contributed by atoms with Crippen LogP contribution in [0.1, 0.15) is 18.4 Å². The van der Waals surface area contributed by atoms with Gasteiger partial charge in [0.1, 0.15) is 0 Å². The summed E-state index contributed by atoms with van der Waals surface area (Å²) in [5.74, 6) is 1.63. The first kappa shape index (κ1) is 20.9. The molecule has 4 rings (SSSR count). The van der Waals surface area contributed by atoms with E-state index in [-0.39, 0.29) is 0 Å². The van der Waals surface area contributed by atoms with Gasteiger partial charge in [0.2, 0.25) is 0 Å². The molecule has 3 heterocycles. The van der Waals surface area contributed by atoms with Crippen molar-refractivity contribution in [2.45, 2.75) is 32.5 Å². The maximum Gasteiger partial charge on any atom is 0.199 e. The fourth-order valence-corrected chi connectivity index (χ4v) is 4.38. The fourth-order valence-electron chi connectivity index (χ4n) is 4.10. The summed E-state index contributed by atoms with van der Waals surface area (Å²) in [5.41, 5.74) is 2.46. The molecule has 158 valence electrons. The van der Waals surface area contributed by atoms with E-state index in [0.717, 1.165) is 41.8 Å². The summed E-state index contributed by atoms with van der Waals surface area (Å²) in [5, 5.41) is 4.86. The summed E-state index contributed by atoms with van der Waals surface area (Å²) < 4.78 is 10.0. The van der Waals surface area contributed by atoms with Crippen molar-refractivity contribution in [2.24, 2.45) is 5.92 Å². The normalized spacial score (nSPS) is 15.5. The SMILES string of the molecule is COCCn1c(-c2ccncc2)nn(CN2CCC(Cc3ccccc3)CC2)c1=S. The van der Waals surface area contributed by atoms with Crippen LogP contribution in [0.15, 0.2) is 54.9 Å². The molecule has 0 atom stereocenters. The molecular weight excluding hydrogens is 394 g/mol. The molecule has 0 radical (unpaired) electrons. The second-order valence-corrected chi connectivity index (χ2v) is 8.24. The van der Waals surface area contributed by atoms with Gasteiger partial charge in [-0.15, -0.1) is 0 Å². The number of nitrogens with zero attached hydrogens (tertiary/aromatic N) is 5. The largest absolute Gasteiger partial charge is 0.383 e. The Kier molecular flexibility index (Phi) is 7.04. The van der Waals surface area contributed by atoms with Gasteiger partial charge in [-0.3, -0.25) is 14.5 Å². The number of rotatable bonds is 8. The third kappa shape index (κ3) is 5.03. The van der Waals surface area contributed by atoms with Crippen LogP contribution in [0.2, 0.25) is 0 Å². The van der Waals surface area contributed by atoms with Gasteiger partial charge in [0.05, 0.1) is 19.8 Å². The van der Waals surface area contributed by atoms with Crippen molar-refractivity contribution in [1.29, 1.82) is 0 Å². The second-order valence-electron chi connectivity index (χ2n) is 7.88. The quantitative estimate of drug-likeness (QED) is 0.512. The van der Waals surface area contributed by atoms with Gasteiger partial charge < -0.3 is 4.74 Å². The number of piperidine rings is 1. The number of aromatic nitrogens is 4. The van der Waals surface area contributed by atoms with Gasteiger partial charge in [-0.2, -0.15) is 5.10 Å². The molecule has 1 fully saturated rings. The third-order valence-corrected chi connectivity index (χ3v) is 6.22. The van der Waals surface area contributed by atoms with E-state index >= 15 is 0 Å². The van der Waals surface area contributed by atoms with Gasteiger partial charge in [0.25, 0.3) is 0 Å². The Morgan fingerprint density at radius 1 is 1.07 bits per heavy atom. The number of likely N-dealkylation sites (tertiary alicyclic amines) is 1. The summed E-state index contributed by atoms with van der Waals surface area (Å²) in [7, 11) is 1.71. The summed E-state index contributed by atoms with van der Waals surface area (Å²) in [6.07, 6.45) is 7.17. The first-order valence-corrected chi connectivity index (χ1v) is 11.0. The van der Waals surface area contributed by atoms with Crippen LogP contribution in [0.25, 0.3) is 11.4 Å². The van der Waals surface area contributed by atoms with Gasteiger partial charge in [0, 0.05) is 38.2 Å². The number of methoxy groups -OCH3 is 1. The van der Waals surface area contributed by atoms with Gasteiger partial charge in [0.15, 0.2) is 10.6 Å². The molecule has 1 saturated heterocycles. The van der Waals surface area contributed by atoms with E-state index in [0.29, 0.717) is 13.2 Å². The molecule has 0 unspecified atom stereocenters. The standard InChI is InChI=1S/C23H29N5OS/c1-29-16-15-27-22(21-7-11-24-12-8-21)25-28(23(27)30)18-26-13-9-20(10-14-26)17-19-5-3-2-4-6-19/h2-8,11-12,20H,9-10,13-18H2,1H3. The van der Waals surface area contributed by atoms with Crippen molar-refractivity contribution in [3.63, 3.8) is 0 Å². The first-order chi connectivity index (χ1) is 14.7. The molecule has 1 aliphatic rings. The van der Waals surface area contributed by atoms with Crippen molar-refractivity contribution in [3.05, 3.63) is 65.2 Å². The van der Waals surface area contributed by atoms with Crippen molar-refractivity contribution >= 4 is 12.2 Å². The molecule has 0 aliphatic carbocycles. The fraction of sp³-hybridized carbons (Fsp3) is 0.435. The predicted octanol–water partition coefficient (Wildman–Crippen LogP) is 4.03. The van der Waals surface area contributed by atoms with Crippen molar-refractivity contribution in [1.82, 2.24) is 24.2 Å². The van der Waals surface area contributed by atoms with E-state index in [4.69, 9.17) is 22.1 Å². The lowest BCUT2D eigenvalue weighted by atomic mass is 9.90. The van der Waals surface area contributed by atoms with E-state index in [2.05, 4.69) is 44.8 Å². The zero-order valence-electron chi connectivity index (χ0n) is 17.5. The Morgan fingerprint density at radius 3 is 2.50 bits per heavy atom. The molecule has 2 aromatic heterocycles. The molecule has 1 aromatic carbocycles. The van der Waals surface area contributed by atoms with Crippen LogP contribution in [0.3, 0.4) is 0 Å². The highest BCUT2D eigenvalue weighted by Crippen LogP contribution is 2.23. The summed E-state index contributed by atoms with van der Waals surface area (Å²) in [6.45, 7) is 4.17. The minimum Gasteiger partial charge on any atom is -0.383 e. The molecular formula is C23H29N5OS. The Hall–Kier alpha value is -2.35. The Labute approximate surface area is 183 Å². The highest BCUT2D eigenvalue weighted by molar-refractivity contribution is 7.71. The van der Waals surface area contributed by atoms with Crippen molar-refractivity contribution in [2.75, 3.05) is 26.8 Å². The van der Waals surface area contributed by atoms with Crippen LogP contribution in [0.5, 0.6) is 0 Å². The smallest absolute Gasteiger partial charge is 0.199 e. The summed E-state index contributed by atoms with van der Waals surface area (Å²) >= 11 is 5.77. The number of hydrogen-bond acceptors (Lipinski definition) is 5. The van der Waals surface area contributed by atoms with Crippen LogP contribution in [-0.4, -0.2) is 51.0 Å². The summed E-state index contributed by atoms with van der Waals surface area (Å²) in [4.78, 5) is 6.58. The lowest BCUT2D eigenvalue weighted by Crippen LogP contribution is -2.36. The predicted molar refractivity (Wildman–Crippen MR) is 121 cm³/mol. The first-order valence-electron chi connectivity index (χ1n) is 10.6. The molecule has 1 aliphatic heterocycles. The van der Waals surface area contributed by atoms with Crippen LogP contribution in [0.4, 0.5) is 0 Å².